The average Bonchev–Trinajstić information content (AvgIpc) is 2.29. The fourth-order valence-electron chi connectivity index (χ4n) is 1.33. The third-order valence-corrected chi connectivity index (χ3v) is 2.44. The van der Waals surface area contributed by atoms with E-state index < -0.39 is 6.10 Å². The minimum atomic E-state index is -0.432. The van der Waals surface area contributed by atoms with Crippen LogP contribution in [-0.2, 0) is 6.54 Å². The monoisotopic (exact) mass is 205 g/mol. The molecule has 0 spiro atoms. The number of hydrogen-bond donors (Lipinski definition) is 2. The van der Waals surface area contributed by atoms with E-state index >= 15 is 0 Å². The smallest absolute Gasteiger partial charge is 0.0871 e. The molecule has 82 valence electrons. The summed E-state index contributed by atoms with van der Waals surface area (Å²) in [5.74, 6) is 0. The van der Waals surface area contributed by atoms with Crippen molar-refractivity contribution in [3.8, 4) is 0 Å². The molecular weight excluding hydrogens is 186 g/mol. The van der Waals surface area contributed by atoms with Crippen LogP contribution in [0.15, 0.2) is 42.5 Å². The molecule has 2 heteroatoms. The van der Waals surface area contributed by atoms with Crippen LogP contribution in [0.1, 0.15) is 18.9 Å². The van der Waals surface area contributed by atoms with Gasteiger partial charge in [-0.25, -0.2) is 0 Å². The summed E-state index contributed by atoms with van der Waals surface area (Å²) in [7, 11) is 0. The Balaban J connectivity index is 2.25. The van der Waals surface area contributed by atoms with Gasteiger partial charge in [0.25, 0.3) is 0 Å². The summed E-state index contributed by atoms with van der Waals surface area (Å²) in [6.45, 7) is 7.17. The van der Waals surface area contributed by atoms with Gasteiger partial charge >= 0.3 is 0 Å². The first-order chi connectivity index (χ1) is 7.24. The highest BCUT2D eigenvalue weighted by Gasteiger charge is 2.05. The van der Waals surface area contributed by atoms with E-state index in [1.165, 1.54) is 5.56 Å². The second kappa shape index (κ2) is 6.38. The first-order valence-electron chi connectivity index (χ1n) is 5.34. The van der Waals surface area contributed by atoms with E-state index in [0.29, 0.717) is 6.54 Å². The Labute approximate surface area is 91.6 Å². The van der Waals surface area contributed by atoms with Crippen molar-refractivity contribution >= 4 is 0 Å². The Morgan fingerprint density at radius 2 is 2.07 bits per heavy atom. The molecule has 1 rings (SSSR count). The summed E-state index contributed by atoms with van der Waals surface area (Å²) in [6.07, 6.45) is 0.396. The molecule has 0 amide bonds. The van der Waals surface area contributed by atoms with Gasteiger partial charge in [0.1, 0.15) is 0 Å². The van der Waals surface area contributed by atoms with E-state index in [2.05, 4.69) is 24.0 Å². The Morgan fingerprint density at radius 3 is 2.67 bits per heavy atom. The van der Waals surface area contributed by atoms with Crippen LogP contribution in [0.25, 0.3) is 0 Å². The van der Waals surface area contributed by atoms with E-state index in [0.717, 1.165) is 18.5 Å². The van der Waals surface area contributed by atoms with Gasteiger partial charge in [0.05, 0.1) is 6.10 Å². The molecule has 0 aliphatic carbocycles. The van der Waals surface area contributed by atoms with Crippen molar-refractivity contribution in [1.29, 1.82) is 0 Å². The number of nitrogens with one attached hydrogen (secondary N) is 1. The second-order valence-corrected chi connectivity index (χ2v) is 3.64. The maximum Gasteiger partial charge on any atom is 0.0871 e. The summed E-state index contributed by atoms with van der Waals surface area (Å²) >= 11 is 0. The van der Waals surface area contributed by atoms with E-state index in [-0.39, 0.29) is 0 Å². The Morgan fingerprint density at radius 1 is 1.40 bits per heavy atom. The van der Waals surface area contributed by atoms with Crippen LogP contribution in [0.5, 0.6) is 0 Å². The van der Waals surface area contributed by atoms with E-state index in [1.807, 2.05) is 25.1 Å². The molecule has 2 nitrogen and oxygen atoms in total. The molecule has 0 heterocycles. The molecule has 0 aliphatic rings. The SMILES string of the molecule is C=C(CC)[C@@H](O)CNCc1ccccc1. The van der Waals surface area contributed by atoms with E-state index in [1.54, 1.807) is 0 Å². The van der Waals surface area contributed by atoms with E-state index in [4.69, 9.17) is 0 Å². The van der Waals surface area contributed by atoms with Crippen LogP contribution in [0.4, 0.5) is 0 Å². The lowest BCUT2D eigenvalue weighted by Crippen LogP contribution is -2.27. The minimum Gasteiger partial charge on any atom is -0.387 e. The zero-order chi connectivity index (χ0) is 11.1. The predicted molar refractivity (Wildman–Crippen MR) is 63.6 cm³/mol. The Hall–Kier alpha value is -1.12. The fourth-order valence-corrected chi connectivity index (χ4v) is 1.33. The summed E-state index contributed by atoms with van der Waals surface area (Å²) in [5.41, 5.74) is 2.11. The molecule has 2 N–H and O–H groups in total. The van der Waals surface area contributed by atoms with Crippen LogP contribution in [0.2, 0.25) is 0 Å². The van der Waals surface area contributed by atoms with Gasteiger partial charge in [-0.3, -0.25) is 0 Å². The Bertz CT molecular complexity index is 295. The molecule has 0 unspecified atom stereocenters. The predicted octanol–water partition coefficient (Wildman–Crippen LogP) is 2.10. The molecule has 0 bridgehead atoms. The number of benzene rings is 1. The van der Waals surface area contributed by atoms with Gasteiger partial charge in [-0.1, -0.05) is 43.8 Å². The maximum absolute atomic E-state index is 9.63. The summed E-state index contributed by atoms with van der Waals surface area (Å²) in [4.78, 5) is 0. The number of aliphatic hydroxyl groups excluding tert-OH is 1. The third-order valence-electron chi connectivity index (χ3n) is 2.44. The molecule has 0 saturated heterocycles. The van der Waals surface area contributed by atoms with Gasteiger partial charge < -0.3 is 10.4 Å². The highest BCUT2D eigenvalue weighted by molar-refractivity contribution is 5.14. The highest BCUT2D eigenvalue weighted by Crippen LogP contribution is 2.03. The Kier molecular flexibility index (Phi) is 5.08. The van der Waals surface area contributed by atoms with Gasteiger partial charge in [-0.2, -0.15) is 0 Å². The average molecular weight is 205 g/mol. The molecule has 1 aromatic carbocycles. The second-order valence-electron chi connectivity index (χ2n) is 3.64. The molecule has 0 aromatic heterocycles. The van der Waals surface area contributed by atoms with Crippen molar-refractivity contribution in [1.82, 2.24) is 5.32 Å². The molecule has 0 saturated carbocycles. The van der Waals surface area contributed by atoms with E-state index in [9.17, 15) is 5.11 Å². The van der Waals surface area contributed by atoms with Crippen molar-refractivity contribution in [3.05, 3.63) is 48.0 Å². The molecule has 1 aromatic rings. The normalized spacial score (nSPS) is 12.4. The quantitative estimate of drug-likeness (QED) is 0.697. The van der Waals surface area contributed by atoms with Gasteiger partial charge in [0, 0.05) is 13.1 Å². The third kappa shape index (κ3) is 4.28. The summed E-state index contributed by atoms with van der Waals surface area (Å²) < 4.78 is 0. The highest BCUT2D eigenvalue weighted by atomic mass is 16.3. The lowest BCUT2D eigenvalue weighted by Gasteiger charge is -2.13. The topological polar surface area (TPSA) is 32.3 Å². The van der Waals surface area contributed by atoms with Crippen molar-refractivity contribution in [2.45, 2.75) is 26.0 Å². The fraction of sp³-hybridized carbons (Fsp3) is 0.385. The molecular formula is C13H19NO. The van der Waals surface area contributed by atoms with Crippen LogP contribution >= 0.6 is 0 Å². The van der Waals surface area contributed by atoms with Gasteiger partial charge in [-0.05, 0) is 17.6 Å². The van der Waals surface area contributed by atoms with Crippen molar-refractivity contribution in [2.75, 3.05) is 6.54 Å². The zero-order valence-electron chi connectivity index (χ0n) is 9.24. The van der Waals surface area contributed by atoms with Gasteiger partial charge in [-0.15, -0.1) is 0 Å². The first kappa shape index (κ1) is 12.0. The first-order valence-corrected chi connectivity index (χ1v) is 5.34. The van der Waals surface area contributed by atoms with Gasteiger partial charge in [0.15, 0.2) is 0 Å². The number of aliphatic hydroxyl groups is 1. The van der Waals surface area contributed by atoms with Crippen molar-refractivity contribution in [3.63, 3.8) is 0 Å². The van der Waals surface area contributed by atoms with Crippen molar-refractivity contribution in [2.24, 2.45) is 0 Å². The van der Waals surface area contributed by atoms with Crippen LogP contribution in [-0.4, -0.2) is 17.8 Å². The number of hydrogen-bond acceptors (Lipinski definition) is 2. The molecule has 0 fully saturated rings. The summed E-state index contributed by atoms with van der Waals surface area (Å²) in [5, 5.41) is 12.8. The molecule has 0 radical (unpaired) electrons. The largest absolute Gasteiger partial charge is 0.387 e. The van der Waals surface area contributed by atoms with Crippen LogP contribution in [0.3, 0.4) is 0 Å². The maximum atomic E-state index is 9.63. The lowest BCUT2D eigenvalue weighted by atomic mass is 10.1. The number of rotatable bonds is 6. The van der Waals surface area contributed by atoms with Crippen LogP contribution < -0.4 is 5.32 Å². The van der Waals surface area contributed by atoms with Crippen LogP contribution in [0, 0.1) is 0 Å². The van der Waals surface area contributed by atoms with Gasteiger partial charge in [0.2, 0.25) is 0 Å². The lowest BCUT2D eigenvalue weighted by molar-refractivity contribution is 0.203. The molecule has 15 heavy (non-hydrogen) atoms. The summed E-state index contributed by atoms with van der Waals surface area (Å²) in [6, 6.07) is 10.1. The zero-order valence-corrected chi connectivity index (χ0v) is 9.24. The minimum absolute atomic E-state index is 0.432. The van der Waals surface area contributed by atoms with Crippen molar-refractivity contribution < 1.29 is 5.11 Å². The molecule has 1 atom stereocenters. The standard InChI is InChI=1S/C13H19NO/c1-3-11(2)13(15)10-14-9-12-7-5-4-6-8-12/h4-8,13-15H,2-3,9-10H2,1H3/t13-/m0/s1. The molecule has 0 aliphatic heterocycles.